The highest BCUT2D eigenvalue weighted by molar-refractivity contribution is 5.68. The summed E-state index contributed by atoms with van der Waals surface area (Å²) in [6, 6.07) is -0.110. The Hall–Kier alpha value is -0.810. The van der Waals surface area contributed by atoms with Crippen molar-refractivity contribution in [3.05, 3.63) is 0 Å². The molecular weight excluding hydrogens is 222 g/mol. The van der Waals surface area contributed by atoms with Crippen LogP contribution in [0.1, 0.15) is 40.5 Å². The van der Waals surface area contributed by atoms with Gasteiger partial charge in [-0.1, -0.05) is 0 Å². The van der Waals surface area contributed by atoms with Gasteiger partial charge in [0.1, 0.15) is 5.60 Å². The van der Waals surface area contributed by atoms with Crippen LogP contribution in [0.5, 0.6) is 0 Å². The second kappa shape index (κ2) is 5.69. The summed E-state index contributed by atoms with van der Waals surface area (Å²) in [4.78, 5) is 11.5. The average Bonchev–Trinajstić information content (AvgIpc) is 2.62. The van der Waals surface area contributed by atoms with Crippen molar-refractivity contribution in [1.29, 1.82) is 0 Å². The van der Waals surface area contributed by atoms with Crippen LogP contribution in [-0.2, 0) is 9.47 Å². The maximum atomic E-state index is 11.5. The Labute approximate surface area is 102 Å². The summed E-state index contributed by atoms with van der Waals surface area (Å²) in [7, 11) is 0. The van der Waals surface area contributed by atoms with E-state index in [1.54, 1.807) is 0 Å². The molecular formula is C12H23NO4. The molecule has 0 aromatic heterocycles. The topological polar surface area (TPSA) is 67.8 Å². The highest BCUT2D eigenvalue weighted by atomic mass is 16.6. The molecule has 5 nitrogen and oxygen atoms in total. The number of aliphatic hydroxyl groups excluding tert-OH is 1. The van der Waals surface area contributed by atoms with Gasteiger partial charge in [-0.05, 0) is 40.5 Å². The molecule has 0 saturated carbocycles. The third kappa shape index (κ3) is 4.91. The van der Waals surface area contributed by atoms with Gasteiger partial charge in [0, 0.05) is 0 Å². The van der Waals surface area contributed by atoms with Crippen molar-refractivity contribution in [2.45, 2.75) is 64.4 Å². The molecule has 100 valence electrons. The zero-order chi connectivity index (χ0) is 13.1. The van der Waals surface area contributed by atoms with Gasteiger partial charge in [-0.2, -0.15) is 0 Å². The SMILES string of the molecule is C[C@@H](NC(=O)OC(C)(C)C)[C@H]1CC[C@H](CO)O1. The third-order valence-corrected chi connectivity index (χ3v) is 2.65. The molecule has 17 heavy (non-hydrogen) atoms. The van der Waals surface area contributed by atoms with Crippen molar-refractivity contribution in [2.75, 3.05) is 6.61 Å². The molecule has 1 amide bonds. The van der Waals surface area contributed by atoms with Crippen molar-refractivity contribution >= 4 is 6.09 Å². The first-order valence-electron chi connectivity index (χ1n) is 6.07. The zero-order valence-corrected chi connectivity index (χ0v) is 11.0. The summed E-state index contributed by atoms with van der Waals surface area (Å²) in [6.45, 7) is 7.39. The number of rotatable bonds is 3. The normalized spacial score (nSPS) is 26.6. The highest BCUT2D eigenvalue weighted by Crippen LogP contribution is 2.22. The number of amides is 1. The Balaban J connectivity index is 2.34. The first-order valence-corrected chi connectivity index (χ1v) is 6.07. The van der Waals surface area contributed by atoms with Gasteiger partial charge in [0.2, 0.25) is 0 Å². The zero-order valence-electron chi connectivity index (χ0n) is 11.0. The fourth-order valence-corrected chi connectivity index (χ4v) is 1.82. The molecule has 0 aromatic rings. The molecule has 0 aromatic carbocycles. The van der Waals surface area contributed by atoms with Gasteiger partial charge in [-0.15, -0.1) is 0 Å². The minimum absolute atomic E-state index is 0.0374. The van der Waals surface area contributed by atoms with E-state index in [2.05, 4.69) is 5.32 Å². The Morgan fingerprint density at radius 3 is 2.65 bits per heavy atom. The standard InChI is InChI=1S/C12H23NO4/c1-8(10-6-5-9(7-14)16-10)13-11(15)17-12(2,3)4/h8-10,14H,5-7H2,1-4H3,(H,13,15)/t8-,9-,10-/m1/s1. The molecule has 1 aliphatic rings. The van der Waals surface area contributed by atoms with E-state index in [9.17, 15) is 4.79 Å². The van der Waals surface area contributed by atoms with Crippen LogP contribution in [0.4, 0.5) is 4.79 Å². The minimum atomic E-state index is -0.492. The molecule has 1 heterocycles. The van der Waals surface area contributed by atoms with Gasteiger partial charge in [0.15, 0.2) is 0 Å². The molecule has 0 bridgehead atoms. The second-order valence-corrected chi connectivity index (χ2v) is 5.49. The first kappa shape index (κ1) is 14.3. The molecule has 0 unspecified atom stereocenters. The third-order valence-electron chi connectivity index (χ3n) is 2.65. The number of carbonyl (C=O) groups is 1. The van der Waals surface area contributed by atoms with E-state index in [4.69, 9.17) is 14.6 Å². The van der Waals surface area contributed by atoms with Crippen LogP contribution in [0.3, 0.4) is 0 Å². The lowest BCUT2D eigenvalue weighted by molar-refractivity contribution is -0.00566. The Bertz CT molecular complexity index is 262. The summed E-state index contributed by atoms with van der Waals surface area (Å²) in [5.74, 6) is 0. The lowest BCUT2D eigenvalue weighted by atomic mass is 10.1. The smallest absolute Gasteiger partial charge is 0.407 e. The molecule has 0 spiro atoms. The van der Waals surface area contributed by atoms with Crippen LogP contribution in [0, 0.1) is 0 Å². The summed E-state index contributed by atoms with van der Waals surface area (Å²) >= 11 is 0. The van der Waals surface area contributed by atoms with E-state index in [1.807, 2.05) is 27.7 Å². The predicted octanol–water partition coefficient (Wildman–Crippen LogP) is 1.44. The van der Waals surface area contributed by atoms with Gasteiger partial charge < -0.3 is 19.9 Å². The van der Waals surface area contributed by atoms with Gasteiger partial charge in [0.05, 0.1) is 24.9 Å². The average molecular weight is 245 g/mol. The van der Waals surface area contributed by atoms with E-state index >= 15 is 0 Å². The summed E-state index contributed by atoms with van der Waals surface area (Å²) in [5.41, 5.74) is -0.492. The van der Waals surface area contributed by atoms with Crippen LogP contribution in [0.25, 0.3) is 0 Å². The van der Waals surface area contributed by atoms with Crippen molar-refractivity contribution in [1.82, 2.24) is 5.32 Å². The van der Waals surface area contributed by atoms with Gasteiger partial charge in [0.25, 0.3) is 0 Å². The number of hydrogen-bond acceptors (Lipinski definition) is 4. The number of carbonyl (C=O) groups excluding carboxylic acids is 1. The van der Waals surface area contributed by atoms with E-state index < -0.39 is 11.7 Å². The molecule has 1 fully saturated rings. The lowest BCUT2D eigenvalue weighted by Gasteiger charge is -2.24. The van der Waals surface area contributed by atoms with Crippen molar-refractivity contribution < 1.29 is 19.4 Å². The van der Waals surface area contributed by atoms with Crippen LogP contribution in [0.2, 0.25) is 0 Å². The van der Waals surface area contributed by atoms with Crippen molar-refractivity contribution in [3.8, 4) is 0 Å². The minimum Gasteiger partial charge on any atom is -0.444 e. The molecule has 0 aliphatic carbocycles. The van der Waals surface area contributed by atoms with Gasteiger partial charge in [-0.3, -0.25) is 0 Å². The van der Waals surface area contributed by atoms with Crippen molar-refractivity contribution in [2.24, 2.45) is 0 Å². The summed E-state index contributed by atoms with van der Waals surface area (Å²) in [5, 5.41) is 11.7. The molecule has 2 N–H and O–H groups in total. The van der Waals surface area contributed by atoms with Crippen LogP contribution < -0.4 is 5.32 Å². The largest absolute Gasteiger partial charge is 0.444 e. The van der Waals surface area contributed by atoms with E-state index in [1.165, 1.54) is 0 Å². The van der Waals surface area contributed by atoms with E-state index in [0.29, 0.717) is 0 Å². The summed E-state index contributed by atoms with van der Waals surface area (Å²) in [6.07, 6.45) is 1.12. The predicted molar refractivity (Wildman–Crippen MR) is 63.8 cm³/mol. The monoisotopic (exact) mass is 245 g/mol. The molecule has 1 aliphatic heterocycles. The quantitative estimate of drug-likeness (QED) is 0.789. The van der Waals surface area contributed by atoms with Gasteiger partial charge >= 0.3 is 6.09 Å². The number of aliphatic hydroxyl groups is 1. The number of nitrogens with one attached hydrogen (secondary N) is 1. The molecule has 5 heteroatoms. The fourth-order valence-electron chi connectivity index (χ4n) is 1.82. The Kier molecular flexibility index (Phi) is 4.77. The number of alkyl carbamates (subject to hydrolysis) is 1. The van der Waals surface area contributed by atoms with E-state index in [0.717, 1.165) is 12.8 Å². The molecule has 1 rings (SSSR count). The second-order valence-electron chi connectivity index (χ2n) is 5.49. The maximum absolute atomic E-state index is 11.5. The van der Waals surface area contributed by atoms with E-state index in [-0.39, 0.29) is 24.9 Å². The van der Waals surface area contributed by atoms with Crippen LogP contribution >= 0.6 is 0 Å². The summed E-state index contributed by atoms with van der Waals surface area (Å²) < 4.78 is 10.7. The van der Waals surface area contributed by atoms with Crippen LogP contribution in [0.15, 0.2) is 0 Å². The fraction of sp³-hybridized carbons (Fsp3) is 0.917. The highest BCUT2D eigenvalue weighted by Gasteiger charge is 2.30. The molecule has 3 atom stereocenters. The number of ether oxygens (including phenoxy) is 2. The van der Waals surface area contributed by atoms with Crippen LogP contribution in [-0.4, -0.2) is 41.7 Å². The number of hydrogen-bond donors (Lipinski definition) is 2. The molecule has 0 radical (unpaired) electrons. The van der Waals surface area contributed by atoms with Crippen molar-refractivity contribution in [3.63, 3.8) is 0 Å². The molecule has 1 saturated heterocycles. The lowest BCUT2D eigenvalue weighted by Crippen LogP contribution is -2.43. The Morgan fingerprint density at radius 2 is 2.18 bits per heavy atom. The first-order chi connectivity index (χ1) is 7.81. The Morgan fingerprint density at radius 1 is 1.53 bits per heavy atom. The van der Waals surface area contributed by atoms with Gasteiger partial charge in [-0.25, -0.2) is 4.79 Å². The maximum Gasteiger partial charge on any atom is 0.407 e.